The van der Waals surface area contributed by atoms with Crippen LogP contribution in [0.5, 0.6) is 11.5 Å². The van der Waals surface area contributed by atoms with E-state index in [1.54, 1.807) is 7.11 Å². The number of methoxy groups -OCH3 is 1. The molecule has 0 bridgehead atoms. The monoisotopic (exact) mass is 345 g/mol. The van der Waals surface area contributed by atoms with Crippen LogP contribution in [0.15, 0.2) is 53.4 Å². The number of carbonyl (C=O) groups is 1. The summed E-state index contributed by atoms with van der Waals surface area (Å²) in [4.78, 5) is 13.0. The third-order valence-electron chi connectivity index (χ3n) is 3.21. The molecule has 0 saturated carbocycles. The molecule has 5 heteroatoms. The van der Waals surface area contributed by atoms with Crippen LogP contribution < -0.4 is 14.8 Å². The van der Waals surface area contributed by atoms with Gasteiger partial charge in [0.1, 0.15) is 11.5 Å². The minimum absolute atomic E-state index is 0.0123. The maximum Gasteiger partial charge on any atom is 0.230 e. The zero-order valence-electron chi connectivity index (χ0n) is 14.2. The second-order valence-corrected chi connectivity index (χ2v) is 6.60. The van der Waals surface area contributed by atoms with E-state index in [1.807, 2.05) is 62.4 Å². The SMILES string of the molecule is COc1ccc(SCC(=O)NCc2ccc(OC(C)C)cc2)cc1. The first kappa shape index (κ1) is 18.2. The minimum atomic E-state index is 0.0123. The van der Waals surface area contributed by atoms with Gasteiger partial charge in [0, 0.05) is 11.4 Å². The highest BCUT2D eigenvalue weighted by molar-refractivity contribution is 8.00. The van der Waals surface area contributed by atoms with E-state index >= 15 is 0 Å². The van der Waals surface area contributed by atoms with Crippen LogP contribution >= 0.6 is 11.8 Å². The van der Waals surface area contributed by atoms with Crippen LogP contribution in [0, 0.1) is 0 Å². The number of hydrogen-bond donors (Lipinski definition) is 1. The number of benzene rings is 2. The summed E-state index contributed by atoms with van der Waals surface area (Å²) >= 11 is 1.50. The molecule has 1 N–H and O–H groups in total. The predicted octanol–water partition coefficient (Wildman–Crippen LogP) is 3.89. The Kier molecular flexibility index (Phi) is 7.00. The van der Waals surface area contributed by atoms with E-state index in [0.717, 1.165) is 22.0 Å². The fraction of sp³-hybridized carbons (Fsp3) is 0.316. The summed E-state index contributed by atoms with van der Waals surface area (Å²) in [5, 5.41) is 2.93. The van der Waals surface area contributed by atoms with Crippen molar-refractivity contribution in [3.8, 4) is 11.5 Å². The van der Waals surface area contributed by atoms with Gasteiger partial charge in [0.2, 0.25) is 5.91 Å². The topological polar surface area (TPSA) is 47.6 Å². The van der Waals surface area contributed by atoms with Gasteiger partial charge in [-0.15, -0.1) is 11.8 Å². The predicted molar refractivity (Wildman–Crippen MR) is 97.8 cm³/mol. The molecule has 1 amide bonds. The van der Waals surface area contributed by atoms with E-state index in [2.05, 4.69) is 5.32 Å². The molecular formula is C19H23NO3S. The molecule has 0 spiro atoms. The number of thioether (sulfide) groups is 1. The van der Waals surface area contributed by atoms with Crippen molar-refractivity contribution in [1.29, 1.82) is 0 Å². The highest BCUT2D eigenvalue weighted by Crippen LogP contribution is 2.21. The summed E-state index contributed by atoms with van der Waals surface area (Å²) in [6.45, 7) is 4.51. The first-order valence-electron chi connectivity index (χ1n) is 7.86. The Hall–Kier alpha value is -2.14. The van der Waals surface area contributed by atoms with Crippen LogP contribution in [0.4, 0.5) is 0 Å². The lowest BCUT2D eigenvalue weighted by atomic mass is 10.2. The lowest BCUT2D eigenvalue weighted by Gasteiger charge is -2.10. The Labute approximate surface area is 147 Å². The van der Waals surface area contributed by atoms with Crippen molar-refractivity contribution in [2.75, 3.05) is 12.9 Å². The largest absolute Gasteiger partial charge is 0.497 e. The summed E-state index contributed by atoms with van der Waals surface area (Å²) in [5.41, 5.74) is 1.05. The van der Waals surface area contributed by atoms with Gasteiger partial charge in [0.05, 0.1) is 19.0 Å². The van der Waals surface area contributed by atoms with Crippen LogP contribution in [-0.2, 0) is 11.3 Å². The molecule has 2 aromatic rings. The zero-order valence-corrected chi connectivity index (χ0v) is 15.1. The smallest absolute Gasteiger partial charge is 0.230 e. The summed E-state index contributed by atoms with van der Waals surface area (Å²) in [6, 6.07) is 15.5. The highest BCUT2D eigenvalue weighted by atomic mass is 32.2. The van der Waals surface area contributed by atoms with Crippen molar-refractivity contribution in [1.82, 2.24) is 5.32 Å². The Morgan fingerprint density at radius 2 is 1.67 bits per heavy atom. The van der Waals surface area contributed by atoms with Gasteiger partial charge in [0.25, 0.3) is 0 Å². The van der Waals surface area contributed by atoms with Crippen molar-refractivity contribution in [3.05, 3.63) is 54.1 Å². The molecule has 0 aliphatic carbocycles. The van der Waals surface area contributed by atoms with E-state index in [-0.39, 0.29) is 12.0 Å². The van der Waals surface area contributed by atoms with Gasteiger partial charge in [-0.3, -0.25) is 4.79 Å². The maximum atomic E-state index is 11.9. The Balaban J connectivity index is 1.74. The first-order valence-corrected chi connectivity index (χ1v) is 8.84. The lowest BCUT2D eigenvalue weighted by Crippen LogP contribution is -2.24. The maximum absolute atomic E-state index is 11.9. The van der Waals surface area contributed by atoms with Gasteiger partial charge in [-0.1, -0.05) is 12.1 Å². The highest BCUT2D eigenvalue weighted by Gasteiger charge is 2.04. The second-order valence-electron chi connectivity index (χ2n) is 5.55. The number of ether oxygens (including phenoxy) is 2. The van der Waals surface area contributed by atoms with E-state index in [9.17, 15) is 4.79 Å². The number of nitrogens with one attached hydrogen (secondary N) is 1. The number of carbonyl (C=O) groups excluding carboxylic acids is 1. The Bertz CT molecular complexity index is 639. The van der Waals surface area contributed by atoms with Crippen molar-refractivity contribution in [2.24, 2.45) is 0 Å². The van der Waals surface area contributed by atoms with Gasteiger partial charge >= 0.3 is 0 Å². The number of amides is 1. The molecule has 24 heavy (non-hydrogen) atoms. The van der Waals surface area contributed by atoms with Crippen molar-refractivity contribution in [2.45, 2.75) is 31.4 Å². The molecular weight excluding hydrogens is 322 g/mol. The summed E-state index contributed by atoms with van der Waals surface area (Å²) < 4.78 is 10.7. The minimum Gasteiger partial charge on any atom is -0.497 e. The quantitative estimate of drug-likeness (QED) is 0.737. The molecule has 0 fully saturated rings. The molecule has 0 heterocycles. The van der Waals surface area contributed by atoms with Gasteiger partial charge in [-0.25, -0.2) is 0 Å². The molecule has 2 aromatic carbocycles. The fourth-order valence-electron chi connectivity index (χ4n) is 2.03. The van der Waals surface area contributed by atoms with Crippen molar-refractivity contribution < 1.29 is 14.3 Å². The lowest BCUT2D eigenvalue weighted by molar-refractivity contribution is -0.118. The van der Waals surface area contributed by atoms with Crippen LogP contribution in [-0.4, -0.2) is 24.9 Å². The van der Waals surface area contributed by atoms with E-state index < -0.39 is 0 Å². The van der Waals surface area contributed by atoms with E-state index in [1.165, 1.54) is 11.8 Å². The van der Waals surface area contributed by atoms with E-state index in [4.69, 9.17) is 9.47 Å². The molecule has 0 aliphatic rings. The normalized spacial score (nSPS) is 10.5. The first-order chi connectivity index (χ1) is 11.6. The third kappa shape index (κ3) is 6.16. The van der Waals surface area contributed by atoms with Crippen molar-refractivity contribution in [3.63, 3.8) is 0 Å². The molecule has 0 saturated heterocycles. The van der Waals surface area contributed by atoms with Crippen LogP contribution in [0.1, 0.15) is 19.4 Å². The van der Waals surface area contributed by atoms with Gasteiger partial charge < -0.3 is 14.8 Å². The van der Waals surface area contributed by atoms with Crippen LogP contribution in [0.2, 0.25) is 0 Å². The van der Waals surface area contributed by atoms with Crippen molar-refractivity contribution >= 4 is 17.7 Å². The molecule has 0 atom stereocenters. The molecule has 0 unspecified atom stereocenters. The summed E-state index contributed by atoms with van der Waals surface area (Å²) in [7, 11) is 1.64. The Morgan fingerprint density at radius 3 is 2.25 bits per heavy atom. The third-order valence-corrected chi connectivity index (χ3v) is 4.23. The molecule has 0 aromatic heterocycles. The zero-order chi connectivity index (χ0) is 17.4. The average molecular weight is 345 g/mol. The Morgan fingerprint density at radius 1 is 1.04 bits per heavy atom. The molecule has 4 nitrogen and oxygen atoms in total. The molecule has 128 valence electrons. The molecule has 0 aliphatic heterocycles. The summed E-state index contributed by atoms with van der Waals surface area (Å²) in [6.07, 6.45) is 0.158. The standard InChI is InChI=1S/C19H23NO3S/c1-14(2)23-17-6-4-15(5-7-17)12-20-19(21)13-24-18-10-8-16(22-3)9-11-18/h4-11,14H,12-13H2,1-3H3,(H,20,21). The van der Waals surface area contributed by atoms with Gasteiger partial charge in [-0.05, 0) is 55.8 Å². The number of hydrogen-bond acceptors (Lipinski definition) is 4. The van der Waals surface area contributed by atoms with Gasteiger partial charge in [0.15, 0.2) is 0 Å². The van der Waals surface area contributed by atoms with Crippen LogP contribution in [0.25, 0.3) is 0 Å². The average Bonchev–Trinajstić information content (AvgIpc) is 2.59. The molecule has 0 radical (unpaired) electrons. The summed E-state index contributed by atoms with van der Waals surface area (Å²) in [5.74, 6) is 2.06. The van der Waals surface area contributed by atoms with Crippen LogP contribution in [0.3, 0.4) is 0 Å². The van der Waals surface area contributed by atoms with E-state index in [0.29, 0.717) is 12.3 Å². The fourth-order valence-corrected chi connectivity index (χ4v) is 2.76. The van der Waals surface area contributed by atoms with Gasteiger partial charge in [-0.2, -0.15) is 0 Å². The number of rotatable bonds is 8. The molecule has 2 rings (SSSR count). The second kappa shape index (κ2) is 9.23.